The van der Waals surface area contributed by atoms with Crippen molar-refractivity contribution in [2.45, 2.75) is 57.9 Å². The van der Waals surface area contributed by atoms with Gasteiger partial charge < -0.3 is 25.4 Å². The summed E-state index contributed by atoms with van der Waals surface area (Å²) in [5.41, 5.74) is 0.362. The highest BCUT2D eigenvalue weighted by Crippen LogP contribution is 2.34. The van der Waals surface area contributed by atoms with E-state index in [9.17, 15) is 28.2 Å². The largest absolute Gasteiger partial charge is 0.475 e. The summed E-state index contributed by atoms with van der Waals surface area (Å²) in [5, 5.41) is 25.4. The van der Waals surface area contributed by atoms with Crippen LogP contribution in [-0.4, -0.2) is 54.4 Å². The van der Waals surface area contributed by atoms with E-state index in [4.69, 9.17) is 0 Å². The van der Waals surface area contributed by atoms with Gasteiger partial charge in [0.2, 0.25) is 11.8 Å². The van der Waals surface area contributed by atoms with Crippen molar-refractivity contribution in [3.8, 4) is 0 Å². The van der Waals surface area contributed by atoms with E-state index in [-0.39, 0.29) is 36.6 Å². The number of aliphatic hydroxyl groups excluding tert-OH is 1. The standard InChI is InChI=1S/C23H27F3N6O3/c1-12(11-33)27-22-31-19-17(32(22)10-14-6-8-16(9-7-14)23(24,25)26)18(29-20(30-19)21(34)35)28-13(2)15-4-3-5-15/h6-9,12-13,15,33H,3-5,10-11H2,1-2H3,(H,34,35)(H2,27,28,29,30,31). The summed E-state index contributed by atoms with van der Waals surface area (Å²) in [6.07, 6.45) is -1.20. The highest BCUT2D eigenvalue weighted by molar-refractivity contribution is 5.91. The highest BCUT2D eigenvalue weighted by atomic mass is 19.4. The molecule has 1 fully saturated rings. The molecule has 2 heterocycles. The number of hydrogen-bond acceptors (Lipinski definition) is 7. The molecule has 0 amide bonds. The number of benzene rings is 1. The zero-order valence-electron chi connectivity index (χ0n) is 19.3. The van der Waals surface area contributed by atoms with Gasteiger partial charge in [-0.15, -0.1) is 0 Å². The van der Waals surface area contributed by atoms with Gasteiger partial charge in [-0.25, -0.2) is 14.8 Å². The molecular formula is C23H27F3N6O3. The van der Waals surface area contributed by atoms with Gasteiger partial charge in [0, 0.05) is 12.1 Å². The fourth-order valence-electron chi connectivity index (χ4n) is 4.02. The first-order chi connectivity index (χ1) is 16.6. The van der Waals surface area contributed by atoms with Crippen LogP contribution in [0.1, 0.15) is 54.9 Å². The lowest BCUT2D eigenvalue weighted by molar-refractivity contribution is -0.137. The number of carboxylic acid groups (broad SMARTS) is 1. The predicted octanol–water partition coefficient (Wildman–Crippen LogP) is 3.98. The van der Waals surface area contributed by atoms with Gasteiger partial charge in [0.1, 0.15) is 5.52 Å². The summed E-state index contributed by atoms with van der Waals surface area (Å²) in [7, 11) is 0. The maximum atomic E-state index is 13.0. The Bertz CT molecular complexity index is 1210. The first kappa shape index (κ1) is 24.7. The molecule has 0 spiro atoms. The fourth-order valence-corrected chi connectivity index (χ4v) is 4.02. The van der Waals surface area contributed by atoms with Crippen molar-refractivity contribution >= 4 is 28.9 Å². The van der Waals surface area contributed by atoms with Crippen molar-refractivity contribution in [3.05, 3.63) is 41.2 Å². The van der Waals surface area contributed by atoms with Crippen molar-refractivity contribution in [2.75, 3.05) is 17.2 Å². The number of aromatic nitrogens is 4. The van der Waals surface area contributed by atoms with Crippen LogP contribution in [0.25, 0.3) is 11.2 Å². The molecule has 4 rings (SSSR count). The third kappa shape index (κ3) is 5.31. The molecule has 0 bridgehead atoms. The second-order valence-corrected chi connectivity index (χ2v) is 8.94. The molecule has 188 valence electrons. The number of hydrogen-bond donors (Lipinski definition) is 4. The van der Waals surface area contributed by atoms with Crippen molar-refractivity contribution < 1.29 is 28.2 Å². The predicted molar refractivity (Wildman–Crippen MR) is 123 cm³/mol. The van der Waals surface area contributed by atoms with Crippen LogP contribution in [0.2, 0.25) is 0 Å². The Labute approximate surface area is 199 Å². The Kier molecular flexibility index (Phi) is 6.84. The number of carboxylic acids is 1. The van der Waals surface area contributed by atoms with E-state index >= 15 is 0 Å². The lowest BCUT2D eigenvalue weighted by atomic mass is 9.80. The number of nitrogens with zero attached hydrogens (tertiary/aromatic N) is 4. The van der Waals surface area contributed by atoms with Crippen LogP contribution >= 0.6 is 0 Å². The lowest BCUT2D eigenvalue weighted by Crippen LogP contribution is -2.31. The summed E-state index contributed by atoms with van der Waals surface area (Å²) in [6.45, 7) is 3.66. The van der Waals surface area contributed by atoms with Crippen LogP contribution in [0.4, 0.5) is 24.9 Å². The van der Waals surface area contributed by atoms with Gasteiger partial charge in [0.25, 0.3) is 0 Å². The molecule has 1 aliphatic carbocycles. The molecule has 9 nitrogen and oxygen atoms in total. The Balaban J connectivity index is 1.81. The number of halogens is 3. The number of fused-ring (bicyclic) bond motifs is 1. The molecule has 35 heavy (non-hydrogen) atoms. The summed E-state index contributed by atoms with van der Waals surface area (Å²) in [6, 6.07) is 4.40. The molecule has 1 saturated carbocycles. The lowest BCUT2D eigenvalue weighted by Gasteiger charge is -2.32. The summed E-state index contributed by atoms with van der Waals surface area (Å²) < 4.78 is 40.7. The minimum Gasteiger partial charge on any atom is -0.475 e. The van der Waals surface area contributed by atoms with Gasteiger partial charge in [-0.1, -0.05) is 18.6 Å². The topological polar surface area (TPSA) is 125 Å². The first-order valence-corrected chi connectivity index (χ1v) is 11.4. The third-order valence-electron chi connectivity index (χ3n) is 6.29. The zero-order valence-corrected chi connectivity index (χ0v) is 19.3. The van der Waals surface area contributed by atoms with Crippen molar-refractivity contribution in [1.29, 1.82) is 0 Å². The van der Waals surface area contributed by atoms with Crippen LogP contribution in [0.15, 0.2) is 24.3 Å². The number of nitrogens with one attached hydrogen (secondary N) is 2. The molecule has 0 radical (unpaired) electrons. The molecule has 0 aliphatic heterocycles. The van der Waals surface area contributed by atoms with Crippen LogP contribution < -0.4 is 10.6 Å². The molecule has 12 heteroatoms. The van der Waals surface area contributed by atoms with E-state index in [2.05, 4.69) is 25.6 Å². The van der Waals surface area contributed by atoms with Gasteiger partial charge in [-0.3, -0.25) is 0 Å². The zero-order chi connectivity index (χ0) is 25.3. The van der Waals surface area contributed by atoms with Crippen LogP contribution in [-0.2, 0) is 12.7 Å². The number of alkyl halides is 3. The first-order valence-electron chi connectivity index (χ1n) is 11.4. The van der Waals surface area contributed by atoms with Crippen molar-refractivity contribution in [1.82, 2.24) is 19.5 Å². The SMILES string of the molecule is CC(CO)Nc1nc2nc(C(=O)O)nc(NC(C)C3CCC3)c2n1Cc1ccc(C(F)(F)F)cc1. The Morgan fingerprint density at radius 1 is 1.14 bits per heavy atom. The molecule has 2 aromatic heterocycles. The number of anilines is 2. The third-order valence-corrected chi connectivity index (χ3v) is 6.29. The number of aliphatic hydroxyl groups is 1. The summed E-state index contributed by atoms with van der Waals surface area (Å²) >= 11 is 0. The van der Waals surface area contributed by atoms with E-state index in [1.54, 1.807) is 11.5 Å². The quantitative estimate of drug-likeness (QED) is 0.354. The second kappa shape index (κ2) is 9.68. The highest BCUT2D eigenvalue weighted by Gasteiger charge is 2.30. The number of aromatic carboxylic acids is 1. The van der Waals surface area contributed by atoms with Crippen LogP contribution in [0.3, 0.4) is 0 Å². The Morgan fingerprint density at radius 2 is 1.83 bits per heavy atom. The minimum absolute atomic E-state index is 0.0192. The van der Waals surface area contributed by atoms with Gasteiger partial charge in [0.15, 0.2) is 11.5 Å². The van der Waals surface area contributed by atoms with E-state index in [0.29, 0.717) is 17.0 Å². The average Bonchev–Trinajstić information content (AvgIpc) is 3.09. The maximum Gasteiger partial charge on any atom is 0.416 e. The van der Waals surface area contributed by atoms with Gasteiger partial charge >= 0.3 is 12.1 Å². The van der Waals surface area contributed by atoms with Crippen molar-refractivity contribution in [2.24, 2.45) is 5.92 Å². The number of rotatable bonds is 9. The molecule has 4 N–H and O–H groups in total. The molecule has 1 aliphatic rings. The molecule has 0 saturated heterocycles. The van der Waals surface area contributed by atoms with Gasteiger partial charge in [0.05, 0.1) is 18.7 Å². The number of carbonyl (C=O) groups is 1. The van der Waals surface area contributed by atoms with E-state index in [0.717, 1.165) is 31.4 Å². The maximum absolute atomic E-state index is 13.0. The van der Waals surface area contributed by atoms with Gasteiger partial charge in [-0.2, -0.15) is 18.2 Å². The Morgan fingerprint density at radius 3 is 2.37 bits per heavy atom. The van der Waals surface area contributed by atoms with E-state index in [1.807, 2.05) is 6.92 Å². The van der Waals surface area contributed by atoms with Crippen molar-refractivity contribution in [3.63, 3.8) is 0 Å². The smallest absolute Gasteiger partial charge is 0.416 e. The molecule has 2 atom stereocenters. The monoisotopic (exact) mass is 492 g/mol. The Hall–Kier alpha value is -3.41. The molecule has 1 aromatic carbocycles. The molecular weight excluding hydrogens is 465 g/mol. The van der Waals surface area contributed by atoms with E-state index < -0.39 is 29.6 Å². The summed E-state index contributed by atoms with van der Waals surface area (Å²) in [4.78, 5) is 24.4. The fraction of sp³-hybridized carbons (Fsp3) is 0.478. The summed E-state index contributed by atoms with van der Waals surface area (Å²) in [5.74, 6) is -0.719. The van der Waals surface area contributed by atoms with Crippen LogP contribution in [0.5, 0.6) is 0 Å². The average molecular weight is 493 g/mol. The minimum atomic E-state index is -4.45. The molecule has 3 aromatic rings. The normalized spacial score (nSPS) is 16.1. The van der Waals surface area contributed by atoms with Gasteiger partial charge in [-0.05, 0) is 50.3 Å². The number of imidazole rings is 1. The van der Waals surface area contributed by atoms with Crippen LogP contribution in [0, 0.1) is 5.92 Å². The second-order valence-electron chi connectivity index (χ2n) is 8.94. The molecule has 2 unspecified atom stereocenters. The van der Waals surface area contributed by atoms with E-state index in [1.165, 1.54) is 12.1 Å².